The first-order valence-electron chi connectivity index (χ1n) is 10.7. The molecule has 0 aliphatic rings. The highest BCUT2D eigenvalue weighted by Gasteiger charge is 2.07. The highest BCUT2D eigenvalue weighted by atomic mass is 16.3. The van der Waals surface area contributed by atoms with E-state index in [1.54, 1.807) is 0 Å². The highest BCUT2D eigenvalue weighted by Crippen LogP contribution is 2.13. The number of unbranched alkanes of at least 4 members (excludes halogenated alkanes) is 13. The first-order chi connectivity index (χ1) is 11.7. The fourth-order valence-electron chi connectivity index (χ4n) is 3.29. The van der Waals surface area contributed by atoms with Crippen LogP contribution in [0.1, 0.15) is 103 Å². The van der Waals surface area contributed by atoms with Crippen LogP contribution in [0.3, 0.4) is 0 Å². The fraction of sp³-hybridized carbons (Fsp3) is 1.00. The summed E-state index contributed by atoms with van der Waals surface area (Å²) in [5.74, 6) is 0. The Morgan fingerprint density at radius 3 is 1.54 bits per heavy atom. The van der Waals surface area contributed by atoms with Crippen LogP contribution < -0.4 is 0 Å². The van der Waals surface area contributed by atoms with E-state index in [-0.39, 0.29) is 12.7 Å². The maximum Gasteiger partial charge on any atom is 0.0667 e. The van der Waals surface area contributed by atoms with Gasteiger partial charge in [-0.25, -0.2) is 0 Å². The molecule has 0 fully saturated rings. The molecule has 0 heterocycles. The van der Waals surface area contributed by atoms with Gasteiger partial charge in [-0.1, -0.05) is 96.8 Å². The van der Waals surface area contributed by atoms with Crippen molar-refractivity contribution >= 4 is 0 Å². The van der Waals surface area contributed by atoms with Crippen LogP contribution in [0.2, 0.25) is 0 Å². The first kappa shape index (κ1) is 23.9. The standard InChI is InChI=1S/C21H45NO2/c1-3-4-5-6-7-8-9-10-11-12-13-14-15-16-17-21(24)20-22(2)18-19-23/h21,23-24H,3-20H2,1-2H3. The van der Waals surface area contributed by atoms with E-state index in [4.69, 9.17) is 5.11 Å². The van der Waals surface area contributed by atoms with Crippen LogP contribution in [-0.4, -0.2) is 48.0 Å². The van der Waals surface area contributed by atoms with E-state index in [9.17, 15) is 5.11 Å². The molecule has 3 nitrogen and oxygen atoms in total. The summed E-state index contributed by atoms with van der Waals surface area (Å²) in [6.45, 7) is 3.77. The Bertz CT molecular complexity index is 236. The normalized spacial score (nSPS) is 12.9. The Balaban J connectivity index is 3.14. The van der Waals surface area contributed by atoms with Crippen molar-refractivity contribution in [3.8, 4) is 0 Å². The second-order valence-electron chi connectivity index (χ2n) is 7.52. The Hall–Kier alpha value is -0.120. The minimum absolute atomic E-state index is 0.169. The molecule has 1 unspecified atom stereocenters. The number of hydrogen-bond acceptors (Lipinski definition) is 3. The van der Waals surface area contributed by atoms with Crippen molar-refractivity contribution in [2.45, 2.75) is 109 Å². The molecule has 0 amide bonds. The number of likely N-dealkylation sites (N-methyl/N-ethyl adjacent to an activating group) is 1. The van der Waals surface area contributed by atoms with Crippen molar-refractivity contribution in [2.24, 2.45) is 0 Å². The van der Waals surface area contributed by atoms with E-state index in [0.29, 0.717) is 13.1 Å². The summed E-state index contributed by atoms with van der Waals surface area (Å²) < 4.78 is 0. The summed E-state index contributed by atoms with van der Waals surface area (Å²) >= 11 is 0. The molecule has 146 valence electrons. The molecule has 0 radical (unpaired) electrons. The van der Waals surface area contributed by atoms with Crippen LogP contribution in [0, 0.1) is 0 Å². The van der Waals surface area contributed by atoms with Gasteiger partial charge in [-0.05, 0) is 13.5 Å². The molecule has 0 saturated carbocycles. The van der Waals surface area contributed by atoms with Gasteiger partial charge >= 0.3 is 0 Å². The van der Waals surface area contributed by atoms with Crippen molar-refractivity contribution in [3.63, 3.8) is 0 Å². The summed E-state index contributed by atoms with van der Waals surface area (Å²) in [5.41, 5.74) is 0. The number of hydrogen-bond donors (Lipinski definition) is 2. The molecule has 3 heteroatoms. The van der Waals surface area contributed by atoms with E-state index >= 15 is 0 Å². The maximum atomic E-state index is 9.91. The molecule has 0 aromatic heterocycles. The van der Waals surface area contributed by atoms with Crippen LogP contribution in [0.5, 0.6) is 0 Å². The third-order valence-electron chi connectivity index (χ3n) is 4.90. The van der Waals surface area contributed by atoms with Gasteiger partial charge in [-0.3, -0.25) is 0 Å². The van der Waals surface area contributed by atoms with E-state index in [2.05, 4.69) is 6.92 Å². The first-order valence-corrected chi connectivity index (χ1v) is 10.7. The fourth-order valence-corrected chi connectivity index (χ4v) is 3.29. The van der Waals surface area contributed by atoms with Crippen molar-refractivity contribution in [2.75, 3.05) is 26.7 Å². The van der Waals surface area contributed by atoms with Gasteiger partial charge < -0.3 is 15.1 Å². The predicted molar refractivity (Wildman–Crippen MR) is 106 cm³/mol. The lowest BCUT2D eigenvalue weighted by atomic mass is 10.0. The summed E-state index contributed by atoms with van der Waals surface area (Å²) in [6, 6.07) is 0. The van der Waals surface area contributed by atoms with Crippen LogP contribution in [0.25, 0.3) is 0 Å². The van der Waals surface area contributed by atoms with Crippen molar-refractivity contribution in [1.29, 1.82) is 0 Å². The van der Waals surface area contributed by atoms with E-state index in [1.807, 2.05) is 11.9 Å². The molecule has 0 spiro atoms. The minimum atomic E-state index is -0.237. The van der Waals surface area contributed by atoms with Crippen LogP contribution in [0.4, 0.5) is 0 Å². The Morgan fingerprint density at radius 1 is 0.708 bits per heavy atom. The zero-order valence-corrected chi connectivity index (χ0v) is 16.6. The topological polar surface area (TPSA) is 43.7 Å². The number of aliphatic hydroxyl groups excluding tert-OH is 2. The van der Waals surface area contributed by atoms with E-state index < -0.39 is 0 Å². The zero-order chi connectivity index (χ0) is 17.9. The van der Waals surface area contributed by atoms with E-state index in [1.165, 1.54) is 83.5 Å². The quantitative estimate of drug-likeness (QED) is 0.319. The van der Waals surface area contributed by atoms with Crippen LogP contribution in [-0.2, 0) is 0 Å². The van der Waals surface area contributed by atoms with Crippen molar-refractivity contribution in [1.82, 2.24) is 4.90 Å². The minimum Gasteiger partial charge on any atom is -0.395 e. The largest absolute Gasteiger partial charge is 0.395 e. The molecule has 0 aromatic carbocycles. The Morgan fingerprint density at radius 2 is 1.12 bits per heavy atom. The van der Waals surface area contributed by atoms with Gasteiger partial charge in [-0.2, -0.15) is 0 Å². The third kappa shape index (κ3) is 18.2. The van der Waals surface area contributed by atoms with E-state index in [0.717, 1.165) is 12.8 Å². The van der Waals surface area contributed by atoms with Crippen LogP contribution >= 0.6 is 0 Å². The average molecular weight is 344 g/mol. The molecule has 0 aliphatic carbocycles. The molecule has 2 N–H and O–H groups in total. The highest BCUT2D eigenvalue weighted by molar-refractivity contribution is 4.61. The summed E-state index contributed by atoms with van der Waals surface area (Å²) in [5, 5.41) is 18.7. The number of nitrogens with zero attached hydrogens (tertiary/aromatic N) is 1. The van der Waals surface area contributed by atoms with Crippen molar-refractivity contribution < 1.29 is 10.2 Å². The zero-order valence-electron chi connectivity index (χ0n) is 16.6. The summed E-state index contributed by atoms with van der Waals surface area (Å²) in [7, 11) is 1.95. The SMILES string of the molecule is CCCCCCCCCCCCCCCCC(O)CN(C)CCO. The molecule has 0 aromatic rings. The van der Waals surface area contributed by atoms with Gasteiger partial charge in [-0.15, -0.1) is 0 Å². The number of rotatable bonds is 19. The second kappa shape index (κ2) is 19.2. The van der Waals surface area contributed by atoms with Gasteiger partial charge in [0.1, 0.15) is 0 Å². The van der Waals surface area contributed by atoms with Gasteiger partial charge in [0, 0.05) is 13.1 Å². The lowest BCUT2D eigenvalue weighted by molar-refractivity contribution is 0.105. The van der Waals surface area contributed by atoms with Gasteiger partial charge in [0.15, 0.2) is 0 Å². The molecular formula is C21H45NO2. The molecule has 24 heavy (non-hydrogen) atoms. The van der Waals surface area contributed by atoms with Gasteiger partial charge in [0.05, 0.1) is 12.7 Å². The lowest BCUT2D eigenvalue weighted by Crippen LogP contribution is -2.31. The lowest BCUT2D eigenvalue weighted by Gasteiger charge is -2.19. The molecular weight excluding hydrogens is 298 g/mol. The average Bonchev–Trinajstić information content (AvgIpc) is 2.55. The Labute approximate surface area is 151 Å². The molecule has 0 bridgehead atoms. The maximum absolute atomic E-state index is 9.91. The monoisotopic (exact) mass is 343 g/mol. The Kier molecular flexibility index (Phi) is 19.1. The molecule has 0 saturated heterocycles. The summed E-state index contributed by atoms with van der Waals surface area (Å²) in [4.78, 5) is 1.99. The summed E-state index contributed by atoms with van der Waals surface area (Å²) in [6.07, 6.45) is 19.9. The van der Waals surface area contributed by atoms with Crippen molar-refractivity contribution in [3.05, 3.63) is 0 Å². The van der Waals surface area contributed by atoms with Gasteiger partial charge in [0.2, 0.25) is 0 Å². The predicted octanol–water partition coefficient (Wildman–Crippen LogP) is 5.14. The second-order valence-corrected chi connectivity index (χ2v) is 7.52. The number of aliphatic hydroxyl groups is 2. The molecule has 1 atom stereocenters. The smallest absolute Gasteiger partial charge is 0.0667 e. The molecule has 0 aliphatic heterocycles. The van der Waals surface area contributed by atoms with Gasteiger partial charge in [0.25, 0.3) is 0 Å². The van der Waals surface area contributed by atoms with Crippen LogP contribution in [0.15, 0.2) is 0 Å². The molecule has 0 rings (SSSR count). The third-order valence-corrected chi connectivity index (χ3v) is 4.90.